The van der Waals surface area contributed by atoms with E-state index < -0.39 is 0 Å². The monoisotopic (exact) mass is 283 g/mol. The van der Waals surface area contributed by atoms with Crippen LogP contribution in [0.3, 0.4) is 0 Å². The van der Waals surface area contributed by atoms with Crippen LogP contribution in [0.4, 0.5) is 0 Å². The Kier molecular flexibility index (Phi) is 3.76. The Labute approximate surface area is 122 Å². The molecule has 0 radical (unpaired) electrons. The van der Waals surface area contributed by atoms with Gasteiger partial charge in [-0.25, -0.2) is 4.98 Å². The summed E-state index contributed by atoms with van der Waals surface area (Å²) in [5.74, 6) is 0. The molecule has 3 rings (SSSR count). The number of hydrogen-bond acceptors (Lipinski definition) is 4. The molecule has 1 atom stereocenters. The Morgan fingerprint density at radius 2 is 2.15 bits per heavy atom. The van der Waals surface area contributed by atoms with Crippen LogP contribution in [0.15, 0.2) is 42.7 Å². The summed E-state index contributed by atoms with van der Waals surface area (Å²) >= 11 is 1.75. The molecule has 0 aliphatic rings. The maximum atomic E-state index is 4.42. The second-order valence-corrected chi connectivity index (χ2v) is 6.21. The third-order valence-electron chi connectivity index (χ3n) is 3.29. The topological polar surface area (TPSA) is 37.8 Å². The SMILES string of the molecule is Cc1cnc(C(C)NCc2ccc3ncccc3c2)s1. The number of rotatable bonds is 4. The first kappa shape index (κ1) is 13.2. The van der Waals surface area contributed by atoms with E-state index in [0.29, 0.717) is 0 Å². The van der Waals surface area contributed by atoms with Crippen LogP contribution >= 0.6 is 11.3 Å². The van der Waals surface area contributed by atoms with Crippen LogP contribution in [0.1, 0.15) is 28.4 Å². The van der Waals surface area contributed by atoms with Gasteiger partial charge < -0.3 is 5.32 Å². The number of benzene rings is 1. The van der Waals surface area contributed by atoms with Crippen molar-refractivity contribution < 1.29 is 0 Å². The lowest BCUT2D eigenvalue weighted by Crippen LogP contribution is -2.17. The molecule has 0 fully saturated rings. The first-order chi connectivity index (χ1) is 9.72. The molecule has 20 heavy (non-hydrogen) atoms. The van der Waals surface area contributed by atoms with E-state index >= 15 is 0 Å². The minimum absolute atomic E-state index is 0.276. The molecule has 1 aromatic carbocycles. The third kappa shape index (κ3) is 2.86. The van der Waals surface area contributed by atoms with Gasteiger partial charge in [-0.05, 0) is 37.6 Å². The van der Waals surface area contributed by atoms with Crippen LogP contribution in [0.25, 0.3) is 10.9 Å². The van der Waals surface area contributed by atoms with Gasteiger partial charge in [0.25, 0.3) is 0 Å². The Morgan fingerprint density at radius 1 is 1.25 bits per heavy atom. The van der Waals surface area contributed by atoms with Crippen molar-refractivity contribution in [3.63, 3.8) is 0 Å². The van der Waals surface area contributed by atoms with Gasteiger partial charge in [-0.2, -0.15) is 0 Å². The van der Waals surface area contributed by atoms with Gasteiger partial charge in [0, 0.05) is 29.2 Å². The molecule has 0 saturated carbocycles. The molecule has 0 aliphatic carbocycles. The summed E-state index contributed by atoms with van der Waals surface area (Å²) in [6, 6.07) is 10.7. The average Bonchev–Trinajstić information content (AvgIpc) is 2.91. The zero-order valence-electron chi connectivity index (χ0n) is 11.6. The number of aromatic nitrogens is 2. The summed E-state index contributed by atoms with van der Waals surface area (Å²) in [7, 11) is 0. The summed E-state index contributed by atoms with van der Waals surface area (Å²) in [5.41, 5.74) is 2.31. The zero-order valence-corrected chi connectivity index (χ0v) is 12.4. The van der Waals surface area contributed by atoms with E-state index in [1.54, 1.807) is 11.3 Å². The number of fused-ring (bicyclic) bond motifs is 1. The molecule has 1 N–H and O–H groups in total. The molecule has 2 heterocycles. The number of aryl methyl sites for hydroxylation is 1. The van der Waals surface area contributed by atoms with E-state index in [1.165, 1.54) is 15.8 Å². The molecule has 3 aromatic rings. The molecule has 0 saturated heterocycles. The predicted molar refractivity (Wildman–Crippen MR) is 83.8 cm³/mol. The Morgan fingerprint density at radius 3 is 2.95 bits per heavy atom. The molecule has 0 amide bonds. The number of thiazole rings is 1. The van der Waals surface area contributed by atoms with Crippen molar-refractivity contribution in [2.75, 3.05) is 0 Å². The highest BCUT2D eigenvalue weighted by Crippen LogP contribution is 2.20. The maximum Gasteiger partial charge on any atom is 0.109 e. The Balaban J connectivity index is 1.70. The van der Waals surface area contributed by atoms with Gasteiger partial charge in [-0.3, -0.25) is 4.98 Å². The van der Waals surface area contributed by atoms with Crippen molar-refractivity contribution >= 4 is 22.2 Å². The fourth-order valence-electron chi connectivity index (χ4n) is 2.17. The lowest BCUT2D eigenvalue weighted by molar-refractivity contribution is 0.572. The molecule has 0 bridgehead atoms. The van der Waals surface area contributed by atoms with Crippen molar-refractivity contribution in [3.05, 3.63) is 58.2 Å². The van der Waals surface area contributed by atoms with Crippen LogP contribution in [0.5, 0.6) is 0 Å². The highest BCUT2D eigenvalue weighted by molar-refractivity contribution is 7.11. The fourth-order valence-corrected chi connectivity index (χ4v) is 2.97. The highest BCUT2D eigenvalue weighted by atomic mass is 32.1. The van der Waals surface area contributed by atoms with Crippen molar-refractivity contribution in [1.29, 1.82) is 0 Å². The summed E-state index contributed by atoms with van der Waals surface area (Å²) in [5, 5.41) is 5.85. The van der Waals surface area contributed by atoms with Gasteiger partial charge in [0.05, 0.1) is 11.6 Å². The van der Waals surface area contributed by atoms with Gasteiger partial charge in [-0.1, -0.05) is 12.1 Å². The summed E-state index contributed by atoms with van der Waals surface area (Å²) < 4.78 is 0. The maximum absolute atomic E-state index is 4.42. The van der Waals surface area contributed by atoms with Crippen LogP contribution in [0.2, 0.25) is 0 Å². The van der Waals surface area contributed by atoms with Crippen LogP contribution in [-0.2, 0) is 6.54 Å². The summed E-state index contributed by atoms with van der Waals surface area (Å²) in [6.45, 7) is 5.08. The minimum Gasteiger partial charge on any atom is -0.304 e. The van der Waals surface area contributed by atoms with E-state index in [-0.39, 0.29) is 6.04 Å². The van der Waals surface area contributed by atoms with E-state index in [2.05, 4.69) is 53.4 Å². The smallest absolute Gasteiger partial charge is 0.109 e. The van der Waals surface area contributed by atoms with Crippen molar-refractivity contribution in [2.24, 2.45) is 0 Å². The molecule has 3 nitrogen and oxygen atoms in total. The van der Waals surface area contributed by atoms with Gasteiger partial charge in [0.15, 0.2) is 0 Å². The number of pyridine rings is 1. The van der Waals surface area contributed by atoms with Gasteiger partial charge in [-0.15, -0.1) is 11.3 Å². The summed E-state index contributed by atoms with van der Waals surface area (Å²) in [4.78, 5) is 10.0. The van der Waals surface area contributed by atoms with E-state index in [0.717, 1.165) is 17.1 Å². The standard InChI is InChI=1S/C16H17N3S/c1-11-9-19-16(20-11)12(2)18-10-13-5-6-15-14(8-13)4-3-7-17-15/h3-9,12,18H,10H2,1-2H3. The molecule has 1 unspecified atom stereocenters. The van der Waals surface area contributed by atoms with Crippen LogP contribution in [-0.4, -0.2) is 9.97 Å². The second-order valence-electron chi connectivity index (χ2n) is 4.94. The molecule has 0 aliphatic heterocycles. The average molecular weight is 283 g/mol. The largest absolute Gasteiger partial charge is 0.304 e. The molecule has 2 aromatic heterocycles. The van der Waals surface area contributed by atoms with Crippen molar-refractivity contribution in [1.82, 2.24) is 15.3 Å². The van der Waals surface area contributed by atoms with Crippen LogP contribution < -0.4 is 5.32 Å². The quantitative estimate of drug-likeness (QED) is 0.790. The first-order valence-corrected chi connectivity index (χ1v) is 7.53. The highest BCUT2D eigenvalue weighted by Gasteiger charge is 2.08. The zero-order chi connectivity index (χ0) is 13.9. The predicted octanol–water partition coefficient (Wildman–Crippen LogP) is 3.85. The third-order valence-corrected chi connectivity index (χ3v) is 4.38. The molecule has 0 spiro atoms. The van der Waals surface area contributed by atoms with E-state index in [4.69, 9.17) is 0 Å². The second kappa shape index (κ2) is 5.69. The number of hydrogen-bond donors (Lipinski definition) is 1. The normalized spacial score (nSPS) is 12.7. The van der Waals surface area contributed by atoms with Gasteiger partial charge in [0.2, 0.25) is 0 Å². The lowest BCUT2D eigenvalue weighted by atomic mass is 10.1. The lowest BCUT2D eigenvalue weighted by Gasteiger charge is -2.11. The Bertz CT molecular complexity index is 720. The van der Waals surface area contributed by atoms with Crippen molar-refractivity contribution in [3.8, 4) is 0 Å². The first-order valence-electron chi connectivity index (χ1n) is 6.72. The van der Waals surface area contributed by atoms with Gasteiger partial charge >= 0.3 is 0 Å². The molecular formula is C16H17N3S. The molecular weight excluding hydrogens is 266 g/mol. The van der Waals surface area contributed by atoms with Gasteiger partial charge in [0.1, 0.15) is 5.01 Å². The minimum atomic E-state index is 0.276. The van der Waals surface area contributed by atoms with E-state index in [1.807, 2.05) is 18.5 Å². The van der Waals surface area contributed by atoms with Crippen LogP contribution in [0, 0.1) is 6.92 Å². The summed E-state index contributed by atoms with van der Waals surface area (Å²) in [6.07, 6.45) is 3.76. The Hall–Kier alpha value is -1.78. The number of nitrogens with zero attached hydrogens (tertiary/aromatic N) is 2. The molecule has 4 heteroatoms. The number of nitrogens with one attached hydrogen (secondary N) is 1. The van der Waals surface area contributed by atoms with E-state index in [9.17, 15) is 0 Å². The molecule has 102 valence electrons. The fraction of sp³-hybridized carbons (Fsp3) is 0.250. The van der Waals surface area contributed by atoms with Crippen molar-refractivity contribution in [2.45, 2.75) is 26.4 Å².